The maximum absolute atomic E-state index is 5.34. The Bertz CT molecular complexity index is 311. The van der Waals surface area contributed by atoms with E-state index in [2.05, 4.69) is 36.1 Å². The molecular weight excluding hydrogens is 232 g/mol. The Morgan fingerprint density at radius 1 is 1.47 bits per heavy atom. The van der Waals surface area contributed by atoms with Gasteiger partial charge in [-0.1, -0.05) is 31.1 Å². The predicted molar refractivity (Wildman–Crippen MR) is 75.0 cm³/mol. The lowest BCUT2D eigenvalue weighted by molar-refractivity contribution is 0.210. The number of anilines is 1. The minimum Gasteiger partial charge on any atom is -0.300 e. The smallest absolute Gasteiger partial charge is 0.197 e. The van der Waals surface area contributed by atoms with Gasteiger partial charge in [0.25, 0.3) is 0 Å². The van der Waals surface area contributed by atoms with E-state index in [1.54, 1.807) is 11.3 Å². The first-order chi connectivity index (χ1) is 8.17. The maximum Gasteiger partial charge on any atom is 0.197 e. The van der Waals surface area contributed by atoms with Crippen LogP contribution in [0, 0.1) is 0 Å². The summed E-state index contributed by atoms with van der Waals surface area (Å²) in [5.41, 5.74) is 2.59. The van der Waals surface area contributed by atoms with Crippen LogP contribution in [0.3, 0.4) is 0 Å². The number of nitrogens with two attached hydrogens (primary N) is 1. The van der Waals surface area contributed by atoms with E-state index in [0.29, 0.717) is 6.04 Å². The van der Waals surface area contributed by atoms with E-state index in [9.17, 15) is 0 Å². The number of nitrogens with zero attached hydrogens (tertiary/aromatic N) is 2. The van der Waals surface area contributed by atoms with E-state index in [1.165, 1.54) is 24.1 Å². The van der Waals surface area contributed by atoms with Crippen molar-refractivity contribution in [3.05, 3.63) is 11.1 Å². The third kappa shape index (κ3) is 5.02. The molecule has 0 radical (unpaired) electrons. The van der Waals surface area contributed by atoms with Crippen LogP contribution < -0.4 is 11.3 Å². The average Bonchev–Trinajstić information content (AvgIpc) is 2.75. The van der Waals surface area contributed by atoms with Crippen LogP contribution in [0.25, 0.3) is 0 Å². The Hall–Kier alpha value is -0.650. The van der Waals surface area contributed by atoms with Crippen molar-refractivity contribution >= 4 is 16.5 Å². The van der Waals surface area contributed by atoms with Crippen LogP contribution in [0.5, 0.6) is 0 Å². The van der Waals surface area contributed by atoms with Crippen LogP contribution in [-0.4, -0.2) is 22.5 Å². The molecular formula is C12H24N4S. The molecule has 0 saturated heterocycles. The molecule has 0 saturated carbocycles. The Morgan fingerprint density at radius 2 is 2.24 bits per heavy atom. The Morgan fingerprint density at radius 3 is 2.76 bits per heavy atom. The summed E-state index contributed by atoms with van der Waals surface area (Å²) >= 11 is 1.63. The summed E-state index contributed by atoms with van der Waals surface area (Å²) in [7, 11) is 0. The minimum absolute atomic E-state index is 0.572. The van der Waals surface area contributed by atoms with Gasteiger partial charge >= 0.3 is 0 Å². The van der Waals surface area contributed by atoms with Gasteiger partial charge in [-0.2, -0.15) is 0 Å². The number of rotatable bonds is 8. The van der Waals surface area contributed by atoms with Gasteiger partial charge in [0.2, 0.25) is 0 Å². The summed E-state index contributed by atoms with van der Waals surface area (Å²) in [5, 5.41) is 0.789. The highest BCUT2D eigenvalue weighted by Crippen LogP contribution is 2.19. The Balaban J connectivity index is 2.47. The second kappa shape index (κ2) is 7.63. The zero-order valence-corrected chi connectivity index (χ0v) is 11.9. The standard InChI is InChI=1S/C12H24N4S/c1-4-5-6-7-16(10(2)3)9-11-8-14-12(15-13)17-11/h8,10H,4-7,9,13H2,1-3H3,(H,14,15). The lowest BCUT2D eigenvalue weighted by atomic mass is 10.2. The highest BCUT2D eigenvalue weighted by Gasteiger charge is 2.11. The number of aromatic nitrogens is 1. The molecule has 5 heteroatoms. The Labute approximate surface area is 108 Å². The van der Waals surface area contributed by atoms with Gasteiger partial charge in [-0.25, -0.2) is 10.8 Å². The monoisotopic (exact) mass is 256 g/mol. The number of thiazole rings is 1. The predicted octanol–water partition coefficient (Wildman–Crippen LogP) is 2.83. The van der Waals surface area contributed by atoms with Gasteiger partial charge in [-0.15, -0.1) is 0 Å². The van der Waals surface area contributed by atoms with Crippen molar-refractivity contribution in [3.63, 3.8) is 0 Å². The fourth-order valence-electron chi connectivity index (χ4n) is 1.73. The van der Waals surface area contributed by atoms with E-state index in [1.807, 2.05) is 6.20 Å². The van der Waals surface area contributed by atoms with Crippen molar-refractivity contribution in [3.8, 4) is 0 Å². The number of hydrogen-bond acceptors (Lipinski definition) is 5. The molecule has 3 N–H and O–H groups in total. The van der Waals surface area contributed by atoms with Crippen molar-refractivity contribution in [1.29, 1.82) is 0 Å². The van der Waals surface area contributed by atoms with Gasteiger partial charge in [-0.05, 0) is 26.8 Å². The lowest BCUT2D eigenvalue weighted by Gasteiger charge is -2.25. The molecule has 0 amide bonds. The summed E-state index contributed by atoms with van der Waals surface area (Å²) in [6.45, 7) is 8.86. The van der Waals surface area contributed by atoms with Gasteiger partial charge in [0, 0.05) is 23.7 Å². The normalized spacial score (nSPS) is 11.4. The first kappa shape index (κ1) is 14.4. The number of nitrogens with one attached hydrogen (secondary N) is 1. The zero-order chi connectivity index (χ0) is 12.7. The second-order valence-electron chi connectivity index (χ2n) is 4.55. The summed E-state index contributed by atoms with van der Waals surface area (Å²) in [5.74, 6) is 5.34. The van der Waals surface area contributed by atoms with E-state index in [0.717, 1.165) is 18.2 Å². The average molecular weight is 256 g/mol. The molecule has 0 aliphatic rings. The molecule has 0 atom stereocenters. The molecule has 1 aromatic heterocycles. The fraction of sp³-hybridized carbons (Fsp3) is 0.750. The molecule has 0 spiro atoms. The molecule has 1 rings (SSSR count). The highest BCUT2D eigenvalue weighted by atomic mass is 32.1. The number of hydrazine groups is 1. The molecule has 0 aliphatic carbocycles. The molecule has 1 heterocycles. The van der Waals surface area contributed by atoms with E-state index < -0.39 is 0 Å². The SMILES string of the molecule is CCCCCN(Cc1cnc(NN)s1)C(C)C. The van der Waals surface area contributed by atoms with E-state index in [4.69, 9.17) is 5.84 Å². The number of nitrogen functional groups attached to an aromatic ring is 1. The molecule has 1 aromatic rings. The van der Waals surface area contributed by atoms with Crippen LogP contribution in [0.4, 0.5) is 5.13 Å². The molecule has 0 aliphatic heterocycles. The lowest BCUT2D eigenvalue weighted by Crippen LogP contribution is -2.31. The van der Waals surface area contributed by atoms with Crippen LogP contribution in [-0.2, 0) is 6.54 Å². The van der Waals surface area contributed by atoms with Crippen molar-refractivity contribution < 1.29 is 0 Å². The summed E-state index contributed by atoms with van der Waals surface area (Å²) < 4.78 is 0. The molecule has 0 unspecified atom stereocenters. The summed E-state index contributed by atoms with van der Waals surface area (Å²) in [4.78, 5) is 7.96. The van der Waals surface area contributed by atoms with Crippen molar-refractivity contribution in [1.82, 2.24) is 9.88 Å². The van der Waals surface area contributed by atoms with Crippen LogP contribution >= 0.6 is 11.3 Å². The van der Waals surface area contributed by atoms with Gasteiger partial charge in [0.05, 0.1) is 0 Å². The van der Waals surface area contributed by atoms with Crippen molar-refractivity contribution in [2.75, 3.05) is 12.0 Å². The van der Waals surface area contributed by atoms with Crippen molar-refractivity contribution in [2.45, 2.75) is 52.6 Å². The fourth-order valence-corrected chi connectivity index (χ4v) is 2.48. The highest BCUT2D eigenvalue weighted by molar-refractivity contribution is 7.15. The maximum atomic E-state index is 5.34. The number of hydrogen-bond donors (Lipinski definition) is 2. The molecule has 98 valence electrons. The third-order valence-electron chi connectivity index (χ3n) is 2.82. The zero-order valence-electron chi connectivity index (χ0n) is 11.1. The largest absolute Gasteiger partial charge is 0.300 e. The first-order valence-corrected chi connectivity index (χ1v) is 7.14. The summed E-state index contributed by atoms with van der Waals surface area (Å²) in [6.07, 6.45) is 5.76. The van der Waals surface area contributed by atoms with E-state index in [-0.39, 0.29) is 0 Å². The van der Waals surface area contributed by atoms with Crippen LogP contribution in [0.15, 0.2) is 6.20 Å². The third-order valence-corrected chi connectivity index (χ3v) is 3.73. The van der Waals surface area contributed by atoms with Gasteiger partial charge in [0.1, 0.15) is 0 Å². The van der Waals surface area contributed by atoms with Gasteiger partial charge in [-0.3, -0.25) is 10.3 Å². The van der Waals surface area contributed by atoms with Gasteiger partial charge in [0.15, 0.2) is 5.13 Å². The molecule has 0 aromatic carbocycles. The van der Waals surface area contributed by atoms with Crippen molar-refractivity contribution in [2.24, 2.45) is 5.84 Å². The Kier molecular flexibility index (Phi) is 6.47. The van der Waals surface area contributed by atoms with Crippen LogP contribution in [0.2, 0.25) is 0 Å². The number of unbranched alkanes of at least 4 members (excludes halogenated alkanes) is 2. The second-order valence-corrected chi connectivity index (χ2v) is 5.66. The molecule has 0 fully saturated rings. The topological polar surface area (TPSA) is 54.2 Å². The molecule has 17 heavy (non-hydrogen) atoms. The summed E-state index contributed by atoms with van der Waals surface area (Å²) in [6, 6.07) is 0.572. The van der Waals surface area contributed by atoms with Gasteiger partial charge < -0.3 is 0 Å². The van der Waals surface area contributed by atoms with Crippen LogP contribution in [0.1, 0.15) is 44.9 Å². The first-order valence-electron chi connectivity index (χ1n) is 6.32. The van der Waals surface area contributed by atoms with E-state index >= 15 is 0 Å². The minimum atomic E-state index is 0.572. The molecule has 4 nitrogen and oxygen atoms in total. The quantitative estimate of drug-likeness (QED) is 0.426. The molecule has 0 bridgehead atoms.